The molecule has 7 heteroatoms. The minimum Gasteiger partial charge on any atom is -0.356 e. The predicted octanol–water partition coefficient (Wildman–Crippen LogP) is 6.20. The standard InChI is InChI=1S/C32H37ClN4O2/c1-24(2)36(22-25-13-5-3-6-14-25)32(39)23-37-29-18-11-10-17-28(29)35-30(37)19-7-4-12-20-34-31(38)21-26-15-8-9-16-27(26)33/h3,5-6,8-11,13-18,24H,4,7,12,19-23H2,1-2H3,(H,34,38). The fourth-order valence-corrected chi connectivity index (χ4v) is 4.95. The summed E-state index contributed by atoms with van der Waals surface area (Å²) in [4.78, 5) is 32.6. The maximum Gasteiger partial charge on any atom is 0.243 e. The van der Waals surface area contributed by atoms with Gasteiger partial charge in [0.15, 0.2) is 0 Å². The SMILES string of the molecule is CC(C)N(Cc1ccccc1)C(=O)Cn1c(CCCCCNC(=O)Cc2ccccc2Cl)nc2ccccc21. The molecule has 0 aliphatic heterocycles. The molecule has 2 amide bonds. The van der Waals surface area contributed by atoms with Crippen LogP contribution in [0.15, 0.2) is 78.9 Å². The molecule has 6 nitrogen and oxygen atoms in total. The van der Waals surface area contributed by atoms with Crippen molar-refractivity contribution in [3.63, 3.8) is 0 Å². The second kappa shape index (κ2) is 13.9. The van der Waals surface area contributed by atoms with E-state index in [0.29, 0.717) is 18.1 Å². The Balaban J connectivity index is 1.32. The van der Waals surface area contributed by atoms with E-state index in [1.165, 1.54) is 0 Å². The molecule has 3 aromatic carbocycles. The predicted molar refractivity (Wildman–Crippen MR) is 158 cm³/mol. The van der Waals surface area contributed by atoms with Crippen molar-refractivity contribution in [1.29, 1.82) is 0 Å². The van der Waals surface area contributed by atoms with Gasteiger partial charge in [-0.3, -0.25) is 9.59 Å². The van der Waals surface area contributed by atoms with Gasteiger partial charge in [-0.25, -0.2) is 4.98 Å². The summed E-state index contributed by atoms with van der Waals surface area (Å²) in [6.07, 6.45) is 3.82. The van der Waals surface area contributed by atoms with Crippen LogP contribution in [-0.2, 0) is 35.5 Å². The Hall–Kier alpha value is -3.64. The van der Waals surface area contributed by atoms with Crippen molar-refractivity contribution in [3.05, 3.63) is 101 Å². The van der Waals surface area contributed by atoms with Gasteiger partial charge in [-0.1, -0.05) is 78.7 Å². The molecule has 204 valence electrons. The topological polar surface area (TPSA) is 67.2 Å². The number of rotatable bonds is 13. The van der Waals surface area contributed by atoms with E-state index in [0.717, 1.165) is 53.7 Å². The number of para-hydroxylation sites is 2. The van der Waals surface area contributed by atoms with Gasteiger partial charge in [0, 0.05) is 30.6 Å². The van der Waals surface area contributed by atoms with Crippen LogP contribution in [0.25, 0.3) is 11.0 Å². The molecule has 0 unspecified atom stereocenters. The summed E-state index contributed by atoms with van der Waals surface area (Å²) in [6, 6.07) is 25.6. The number of hydrogen-bond acceptors (Lipinski definition) is 3. The molecule has 0 saturated heterocycles. The number of halogens is 1. The number of nitrogens with one attached hydrogen (secondary N) is 1. The van der Waals surface area contributed by atoms with E-state index < -0.39 is 0 Å². The van der Waals surface area contributed by atoms with Crippen molar-refractivity contribution in [2.24, 2.45) is 0 Å². The molecule has 0 saturated carbocycles. The number of carbonyl (C=O) groups excluding carboxylic acids is 2. The number of fused-ring (bicyclic) bond motifs is 1. The Bertz CT molecular complexity index is 1380. The van der Waals surface area contributed by atoms with E-state index in [-0.39, 0.29) is 30.8 Å². The van der Waals surface area contributed by atoms with Gasteiger partial charge in [-0.15, -0.1) is 0 Å². The number of carbonyl (C=O) groups is 2. The number of hydrogen-bond donors (Lipinski definition) is 1. The van der Waals surface area contributed by atoms with Gasteiger partial charge >= 0.3 is 0 Å². The van der Waals surface area contributed by atoms with E-state index in [1.807, 2.05) is 65.6 Å². The maximum absolute atomic E-state index is 13.5. The number of unbranched alkanes of at least 4 members (excludes halogenated alkanes) is 2. The smallest absolute Gasteiger partial charge is 0.243 e. The Kier molecular flexibility index (Phi) is 10.1. The summed E-state index contributed by atoms with van der Waals surface area (Å²) in [5.74, 6) is 0.990. The van der Waals surface area contributed by atoms with Crippen LogP contribution in [0.5, 0.6) is 0 Å². The van der Waals surface area contributed by atoms with E-state index in [1.54, 1.807) is 6.07 Å². The van der Waals surface area contributed by atoms with Crippen molar-refractivity contribution in [2.45, 2.75) is 65.1 Å². The van der Waals surface area contributed by atoms with Crippen molar-refractivity contribution in [3.8, 4) is 0 Å². The summed E-state index contributed by atoms with van der Waals surface area (Å²) >= 11 is 6.16. The Morgan fingerprint density at radius 1 is 0.923 bits per heavy atom. The first-order valence-electron chi connectivity index (χ1n) is 13.7. The average Bonchev–Trinajstić information content (AvgIpc) is 3.27. The van der Waals surface area contributed by atoms with E-state index >= 15 is 0 Å². The molecule has 0 radical (unpaired) electrons. The van der Waals surface area contributed by atoms with Crippen LogP contribution in [-0.4, -0.2) is 38.9 Å². The lowest BCUT2D eigenvalue weighted by Gasteiger charge is -2.27. The lowest BCUT2D eigenvalue weighted by Crippen LogP contribution is -2.38. The number of aromatic nitrogens is 2. The van der Waals surface area contributed by atoms with Crippen LogP contribution in [0.2, 0.25) is 5.02 Å². The van der Waals surface area contributed by atoms with Gasteiger partial charge < -0.3 is 14.8 Å². The Morgan fingerprint density at radius 3 is 2.41 bits per heavy atom. The number of amides is 2. The van der Waals surface area contributed by atoms with Crippen LogP contribution in [0.3, 0.4) is 0 Å². The molecule has 0 bridgehead atoms. The molecular formula is C32H37ClN4O2. The quantitative estimate of drug-likeness (QED) is 0.204. The number of benzene rings is 3. The fraction of sp³-hybridized carbons (Fsp3) is 0.344. The lowest BCUT2D eigenvalue weighted by atomic mass is 10.1. The second-order valence-corrected chi connectivity index (χ2v) is 10.5. The molecule has 39 heavy (non-hydrogen) atoms. The molecule has 0 aliphatic rings. The van der Waals surface area contributed by atoms with Crippen LogP contribution in [0.4, 0.5) is 0 Å². The van der Waals surface area contributed by atoms with Crippen LogP contribution < -0.4 is 5.32 Å². The first kappa shape index (κ1) is 28.4. The summed E-state index contributed by atoms with van der Waals surface area (Å²) < 4.78 is 2.07. The van der Waals surface area contributed by atoms with Crippen LogP contribution >= 0.6 is 11.6 Å². The molecule has 0 spiro atoms. The normalized spacial score (nSPS) is 11.2. The zero-order valence-corrected chi connectivity index (χ0v) is 23.5. The molecule has 0 atom stereocenters. The highest BCUT2D eigenvalue weighted by molar-refractivity contribution is 6.31. The van der Waals surface area contributed by atoms with E-state index in [4.69, 9.17) is 16.6 Å². The summed E-state index contributed by atoms with van der Waals surface area (Å²) in [5, 5.41) is 3.61. The first-order valence-corrected chi connectivity index (χ1v) is 14.1. The molecule has 1 aromatic heterocycles. The third kappa shape index (κ3) is 7.93. The summed E-state index contributed by atoms with van der Waals surface area (Å²) in [6.45, 7) is 5.59. The molecule has 0 fully saturated rings. The number of imidazole rings is 1. The molecule has 1 heterocycles. The zero-order valence-electron chi connectivity index (χ0n) is 22.8. The molecule has 1 N–H and O–H groups in total. The largest absolute Gasteiger partial charge is 0.356 e. The van der Waals surface area contributed by atoms with Gasteiger partial charge in [0.25, 0.3) is 0 Å². The Labute approximate surface area is 236 Å². The molecular weight excluding hydrogens is 508 g/mol. The van der Waals surface area contributed by atoms with Gasteiger partial charge in [0.1, 0.15) is 12.4 Å². The highest BCUT2D eigenvalue weighted by atomic mass is 35.5. The molecule has 4 aromatic rings. The second-order valence-electron chi connectivity index (χ2n) is 10.1. The van der Waals surface area contributed by atoms with Crippen molar-refractivity contribution in [1.82, 2.24) is 19.8 Å². The van der Waals surface area contributed by atoms with Crippen molar-refractivity contribution in [2.75, 3.05) is 6.54 Å². The average molecular weight is 545 g/mol. The van der Waals surface area contributed by atoms with Gasteiger partial charge in [0.05, 0.1) is 17.5 Å². The van der Waals surface area contributed by atoms with Gasteiger partial charge in [0.2, 0.25) is 11.8 Å². The minimum absolute atomic E-state index is 0.0198. The van der Waals surface area contributed by atoms with Crippen molar-refractivity contribution >= 4 is 34.4 Å². The number of nitrogens with zero attached hydrogens (tertiary/aromatic N) is 3. The van der Waals surface area contributed by atoms with Gasteiger partial charge in [-0.05, 0) is 56.0 Å². The lowest BCUT2D eigenvalue weighted by molar-refractivity contribution is -0.134. The monoisotopic (exact) mass is 544 g/mol. The van der Waals surface area contributed by atoms with E-state index in [9.17, 15) is 9.59 Å². The van der Waals surface area contributed by atoms with Gasteiger partial charge in [-0.2, -0.15) is 0 Å². The van der Waals surface area contributed by atoms with Crippen LogP contribution in [0.1, 0.15) is 50.1 Å². The fourth-order valence-electron chi connectivity index (χ4n) is 4.75. The van der Waals surface area contributed by atoms with Crippen molar-refractivity contribution < 1.29 is 9.59 Å². The van der Waals surface area contributed by atoms with E-state index in [2.05, 4.69) is 35.9 Å². The third-order valence-corrected chi connectivity index (χ3v) is 7.24. The zero-order chi connectivity index (χ0) is 27.6. The summed E-state index contributed by atoms with van der Waals surface area (Å²) in [5.41, 5.74) is 3.85. The number of aryl methyl sites for hydroxylation is 1. The third-order valence-electron chi connectivity index (χ3n) is 6.87. The maximum atomic E-state index is 13.5. The Morgan fingerprint density at radius 2 is 1.64 bits per heavy atom. The van der Waals surface area contributed by atoms with Crippen LogP contribution in [0, 0.1) is 0 Å². The molecule has 4 rings (SSSR count). The highest BCUT2D eigenvalue weighted by Crippen LogP contribution is 2.20. The molecule has 0 aliphatic carbocycles. The summed E-state index contributed by atoms with van der Waals surface area (Å²) in [7, 11) is 0. The minimum atomic E-state index is -0.0198. The highest BCUT2D eigenvalue weighted by Gasteiger charge is 2.20. The first-order chi connectivity index (χ1) is 18.9.